The third-order valence-corrected chi connectivity index (χ3v) is 5.94. The van der Waals surface area contributed by atoms with Crippen molar-refractivity contribution >= 4 is 57.8 Å². The molecule has 0 aliphatic carbocycles. The number of hydrogen-bond acceptors (Lipinski definition) is 7. The van der Waals surface area contributed by atoms with Gasteiger partial charge in [-0.05, 0) is 48.0 Å². The van der Waals surface area contributed by atoms with E-state index in [1.807, 2.05) is 24.3 Å². The summed E-state index contributed by atoms with van der Waals surface area (Å²) in [7, 11) is 0. The van der Waals surface area contributed by atoms with Gasteiger partial charge < -0.3 is 9.47 Å². The Labute approximate surface area is 226 Å². The summed E-state index contributed by atoms with van der Waals surface area (Å²) in [5, 5.41) is 17.3. The van der Waals surface area contributed by atoms with Crippen molar-refractivity contribution in [1.82, 2.24) is 5.43 Å². The first kappa shape index (κ1) is 26.6. The zero-order chi connectivity index (χ0) is 27.2. The van der Waals surface area contributed by atoms with Crippen molar-refractivity contribution in [2.24, 2.45) is 5.10 Å². The average Bonchev–Trinajstić information content (AvgIpc) is 2.89. The van der Waals surface area contributed by atoms with Gasteiger partial charge in [0.2, 0.25) is 0 Å². The Bertz CT molecular complexity index is 1570. The minimum Gasteiger partial charge on any atom is -0.474 e. The molecular formula is C27H19Cl2N3O6. The van der Waals surface area contributed by atoms with Gasteiger partial charge in [-0.15, -0.1) is 0 Å². The largest absolute Gasteiger partial charge is 0.474 e. The molecule has 1 amide bonds. The van der Waals surface area contributed by atoms with Crippen LogP contribution in [0.25, 0.3) is 10.8 Å². The van der Waals surface area contributed by atoms with Gasteiger partial charge in [-0.25, -0.2) is 10.2 Å². The quantitative estimate of drug-likeness (QED) is 0.0915. The second-order valence-corrected chi connectivity index (χ2v) is 8.78. The molecule has 4 aromatic rings. The maximum absolute atomic E-state index is 12.8. The summed E-state index contributed by atoms with van der Waals surface area (Å²) in [5.41, 5.74) is 2.64. The van der Waals surface area contributed by atoms with Crippen molar-refractivity contribution in [3.63, 3.8) is 0 Å². The van der Waals surface area contributed by atoms with Crippen molar-refractivity contribution in [3.8, 4) is 11.5 Å². The van der Waals surface area contributed by atoms with Crippen LogP contribution in [0.3, 0.4) is 0 Å². The fraction of sp³-hybridized carbons (Fsp3) is 0.0741. The second-order valence-electron chi connectivity index (χ2n) is 7.93. The van der Waals surface area contributed by atoms with Crippen molar-refractivity contribution in [2.45, 2.75) is 13.0 Å². The highest BCUT2D eigenvalue weighted by molar-refractivity contribution is 6.36. The molecule has 0 aliphatic heterocycles. The normalized spacial score (nSPS) is 11.8. The standard InChI is InChI=1S/C27H19Cl2N3O6/c1-16(37-25-9-5-4-8-23(25)32(35)36)26(33)31-30-15-21-19-7-3-2-6-17(19)10-13-24(21)38-27(34)20-12-11-18(28)14-22(20)29/h2-16H,1H3,(H,31,33)/b30-15+. The van der Waals surface area contributed by atoms with Crippen LogP contribution < -0.4 is 14.9 Å². The first-order chi connectivity index (χ1) is 18.2. The Morgan fingerprint density at radius 3 is 2.50 bits per heavy atom. The predicted octanol–water partition coefficient (Wildman–Crippen LogP) is 6.19. The highest BCUT2D eigenvalue weighted by Gasteiger charge is 2.21. The van der Waals surface area contributed by atoms with Gasteiger partial charge >= 0.3 is 11.7 Å². The summed E-state index contributed by atoms with van der Waals surface area (Å²) in [6.07, 6.45) is 0.245. The first-order valence-electron chi connectivity index (χ1n) is 11.2. The lowest BCUT2D eigenvalue weighted by atomic mass is 10.0. The van der Waals surface area contributed by atoms with Gasteiger partial charge in [0.1, 0.15) is 5.75 Å². The van der Waals surface area contributed by atoms with Crippen LogP contribution in [-0.2, 0) is 4.79 Å². The fourth-order valence-corrected chi connectivity index (χ4v) is 4.00. The molecule has 0 saturated heterocycles. The molecule has 0 saturated carbocycles. The molecule has 38 heavy (non-hydrogen) atoms. The van der Waals surface area contributed by atoms with Crippen molar-refractivity contribution in [3.05, 3.63) is 110 Å². The van der Waals surface area contributed by atoms with Gasteiger partial charge in [0.05, 0.1) is 21.7 Å². The number of fused-ring (bicyclic) bond motifs is 1. The number of hydrogen-bond donors (Lipinski definition) is 1. The van der Waals surface area contributed by atoms with Gasteiger partial charge in [-0.3, -0.25) is 14.9 Å². The number of amides is 1. The first-order valence-corrected chi connectivity index (χ1v) is 11.9. The topological polar surface area (TPSA) is 120 Å². The number of hydrazone groups is 1. The van der Waals surface area contributed by atoms with Crippen LogP contribution in [0.4, 0.5) is 5.69 Å². The number of carbonyl (C=O) groups is 2. The Balaban J connectivity index is 1.55. The number of esters is 1. The molecule has 192 valence electrons. The highest BCUT2D eigenvalue weighted by Crippen LogP contribution is 2.29. The number of nitro benzene ring substituents is 1. The summed E-state index contributed by atoms with van der Waals surface area (Å²) in [4.78, 5) is 36.0. The Morgan fingerprint density at radius 1 is 1.00 bits per heavy atom. The number of para-hydroxylation sites is 2. The fourth-order valence-electron chi connectivity index (χ4n) is 3.51. The molecule has 9 nitrogen and oxygen atoms in total. The van der Waals surface area contributed by atoms with Crippen molar-refractivity contribution < 1.29 is 24.0 Å². The molecule has 0 fully saturated rings. The highest BCUT2D eigenvalue weighted by atomic mass is 35.5. The molecular weight excluding hydrogens is 533 g/mol. The summed E-state index contributed by atoms with van der Waals surface area (Å²) in [6.45, 7) is 1.43. The molecule has 11 heteroatoms. The lowest BCUT2D eigenvalue weighted by Gasteiger charge is -2.13. The SMILES string of the molecule is CC(Oc1ccccc1[N+](=O)[O-])C(=O)N/N=C/c1c(OC(=O)c2ccc(Cl)cc2Cl)ccc2ccccc12. The maximum Gasteiger partial charge on any atom is 0.345 e. The molecule has 0 aliphatic rings. The molecule has 1 atom stereocenters. The number of nitrogens with zero attached hydrogens (tertiary/aromatic N) is 2. The van der Waals surface area contributed by atoms with E-state index >= 15 is 0 Å². The van der Waals surface area contributed by atoms with E-state index < -0.39 is 22.9 Å². The van der Waals surface area contributed by atoms with E-state index in [-0.39, 0.29) is 27.8 Å². The molecule has 1 unspecified atom stereocenters. The molecule has 1 N–H and O–H groups in total. The zero-order valence-electron chi connectivity index (χ0n) is 19.8. The minimum atomic E-state index is -1.09. The Kier molecular flexibility index (Phi) is 8.20. The van der Waals surface area contributed by atoms with Crippen molar-refractivity contribution in [2.75, 3.05) is 0 Å². The molecule has 0 heterocycles. The van der Waals surface area contributed by atoms with Crippen LogP contribution in [0.1, 0.15) is 22.8 Å². The van der Waals surface area contributed by atoms with E-state index in [1.165, 1.54) is 49.5 Å². The summed E-state index contributed by atoms with van der Waals surface area (Å²) in [6, 6.07) is 20.9. The lowest BCUT2D eigenvalue weighted by Crippen LogP contribution is -2.33. The van der Waals surface area contributed by atoms with Crippen molar-refractivity contribution in [1.29, 1.82) is 0 Å². The number of benzene rings is 4. The molecule has 0 radical (unpaired) electrons. The number of nitro groups is 1. The number of rotatable bonds is 8. The van der Waals surface area contributed by atoms with E-state index in [0.29, 0.717) is 16.0 Å². The summed E-state index contributed by atoms with van der Waals surface area (Å²) < 4.78 is 11.1. The molecule has 4 rings (SSSR count). The van der Waals surface area contributed by atoms with Crippen LogP contribution in [0.15, 0.2) is 84.0 Å². The lowest BCUT2D eigenvalue weighted by molar-refractivity contribution is -0.386. The maximum atomic E-state index is 12.8. The van der Waals surface area contributed by atoms with Crippen LogP contribution in [0.2, 0.25) is 10.0 Å². The number of halogens is 2. The third kappa shape index (κ3) is 6.08. The van der Waals surface area contributed by atoms with Gasteiger partial charge in [0.25, 0.3) is 5.91 Å². The third-order valence-electron chi connectivity index (χ3n) is 5.39. The Hall–Kier alpha value is -4.47. The van der Waals surface area contributed by atoms with E-state index in [1.54, 1.807) is 18.2 Å². The summed E-state index contributed by atoms with van der Waals surface area (Å²) >= 11 is 12.1. The monoisotopic (exact) mass is 551 g/mol. The zero-order valence-corrected chi connectivity index (χ0v) is 21.3. The van der Waals surface area contributed by atoms with E-state index in [2.05, 4.69) is 10.5 Å². The molecule has 4 aromatic carbocycles. The molecule has 0 bridgehead atoms. The van der Waals surface area contributed by atoms with Gasteiger partial charge in [0, 0.05) is 16.7 Å². The predicted molar refractivity (Wildman–Crippen MR) is 144 cm³/mol. The number of nitrogens with one attached hydrogen (secondary N) is 1. The van der Waals surface area contributed by atoms with Crippen LogP contribution in [0.5, 0.6) is 11.5 Å². The van der Waals surface area contributed by atoms with Crippen LogP contribution in [-0.4, -0.2) is 29.1 Å². The van der Waals surface area contributed by atoms with E-state index in [0.717, 1.165) is 5.39 Å². The van der Waals surface area contributed by atoms with Crippen LogP contribution in [0, 0.1) is 10.1 Å². The minimum absolute atomic E-state index is 0.0479. The smallest absolute Gasteiger partial charge is 0.345 e. The van der Waals surface area contributed by atoms with Gasteiger partial charge in [-0.2, -0.15) is 5.10 Å². The summed E-state index contributed by atoms with van der Waals surface area (Å²) in [5.74, 6) is -1.21. The molecule has 0 spiro atoms. The van der Waals surface area contributed by atoms with E-state index in [9.17, 15) is 19.7 Å². The van der Waals surface area contributed by atoms with Crippen LogP contribution >= 0.6 is 23.2 Å². The number of ether oxygens (including phenoxy) is 2. The average molecular weight is 552 g/mol. The molecule has 0 aromatic heterocycles. The second kappa shape index (κ2) is 11.7. The van der Waals surface area contributed by atoms with Gasteiger partial charge in [0.15, 0.2) is 11.9 Å². The van der Waals surface area contributed by atoms with E-state index in [4.69, 9.17) is 32.7 Å². The number of carbonyl (C=O) groups excluding carboxylic acids is 2. The van der Waals surface area contributed by atoms with Gasteiger partial charge in [-0.1, -0.05) is 65.7 Å². The Morgan fingerprint density at radius 2 is 1.74 bits per heavy atom.